The summed E-state index contributed by atoms with van der Waals surface area (Å²) in [5, 5.41) is 0.530. The zero-order valence-electron chi connectivity index (χ0n) is 20.7. The molecule has 1 amide bonds. The van der Waals surface area contributed by atoms with Crippen molar-refractivity contribution in [2.45, 2.75) is 39.7 Å². The molecule has 180 valence electrons. The largest absolute Gasteiger partial charge is 0.497 e. The van der Waals surface area contributed by atoms with Gasteiger partial charge in [-0.15, -0.1) is 0 Å². The topological polar surface area (TPSA) is 64.4 Å². The third-order valence-corrected chi connectivity index (χ3v) is 6.31. The van der Waals surface area contributed by atoms with Crippen molar-refractivity contribution in [3.63, 3.8) is 0 Å². The summed E-state index contributed by atoms with van der Waals surface area (Å²) in [6, 6.07) is 21.9. The van der Waals surface area contributed by atoms with Gasteiger partial charge in [0.25, 0.3) is 11.5 Å². The van der Waals surface area contributed by atoms with Gasteiger partial charge in [-0.2, -0.15) is 0 Å². The van der Waals surface area contributed by atoms with Crippen LogP contribution in [0.2, 0.25) is 0 Å². The number of ether oxygens (including phenoxy) is 1. The molecule has 1 aromatic heterocycles. The highest BCUT2D eigenvalue weighted by Gasteiger charge is 2.27. The van der Waals surface area contributed by atoms with E-state index in [0.717, 1.165) is 12.8 Å². The number of benzene rings is 3. The van der Waals surface area contributed by atoms with E-state index in [1.165, 1.54) is 5.56 Å². The predicted octanol–water partition coefficient (Wildman–Crippen LogP) is 5.57. The molecule has 1 unspecified atom stereocenters. The molecular formula is C29H31N3O3. The summed E-state index contributed by atoms with van der Waals surface area (Å²) in [6.07, 6.45) is 1.70. The number of hydrogen-bond donors (Lipinski definition) is 0. The van der Waals surface area contributed by atoms with Gasteiger partial charge in [0.1, 0.15) is 11.6 Å². The van der Waals surface area contributed by atoms with Crippen molar-refractivity contribution in [3.05, 3.63) is 100 Å². The molecule has 0 aliphatic heterocycles. The Hall–Kier alpha value is -3.93. The van der Waals surface area contributed by atoms with Gasteiger partial charge in [-0.05, 0) is 73.9 Å². The minimum Gasteiger partial charge on any atom is -0.497 e. The highest BCUT2D eigenvalue weighted by molar-refractivity contribution is 5.94. The van der Waals surface area contributed by atoms with Crippen LogP contribution < -0.4 is 10.3 Å². The van der Waals surface area contributed by atoms with Crippen LogP contribution in [0.3, 0.4) is 0 Å². The average molecular weight is 470 g/mol. The number of rotatable bonds is 8. The molecular weight excluding hydrogens is 438 g/mol. The van der Waals surface area contributed by atoms with Crippen molar-refractivity contribution in [1.82, 2.24) is 14.5 Å². The number of carbonyl (C=O) groups is 1. The molecule has 0 radical (unpaired) electrons. The van der Waals surface area contributed by atoms with E-state index in [4.69, 9.17) is 9.72 Å². The number of hydrogen-bond acceptors (Lipinski definition) is 4. The van der Waals surface area contributed by atoms with Crippen molar-refractivity contribution in [2.24, 2.45) is 0 Å². The molecule has 0 saturated heterocycles. The summed E-state index contributed by atoms with van der Waals surface area (Å²) in [7, 11) is 1.60. The van der Waals surface area contributed by atoms with E-state index >= 15 is 0 Å². The van der Waals surface area contributed by atoms with Crippen LogP contribution in [0.15, 0.2) is 77.6 Å². The number of amides is 1. The molecule has 0 bridgehead atoms. The fourth-order valence-electron chi connectivity index (χ4n) is 4.31. The van der Waals surface area contributed by atoms with Crippen molar-refractivity contribution >= 4 is 16.8 Å². The maximum atomic E-state index is 13.7. The minimum absolute atomic E-state index is 0.0781. The number of methoxy groups -OCH3 is 1. The van der Waals surface area contributed by atoms with E-state index in [2.05, 4.69) is 6.92 Å². The number of aromatic nitrogens is 2. The SMILES string of the molecule is CCCN(C(=O)c1ccc(CC)cc1)C(C)c1nc2ccccc2c(=O)n1-c1ccc(OC)cc1. The second-order valence-electron chi connectivity index (χ2n) is 8.55. The molecule has 4 rings (SSSR count). The zero-order chi connectivity index (χ0) is 24.9. The maximum Gasteiger partial charge on any atom is 0.266 e. The van der Waals surface area contributed by atoms with Gasteiger partial charge in [-0.1, -0.05) is 38.1 Å². The molecule has 6 heteroatoms. The second-order valence-corrected chi connectivity index (χ2v) is 8.55. The monoisotopic (exact) mass is 469 g/mol. The maximum absolute atomic E-state index is 13.7. The number of aryl methyl sites for hydroxylation is 1. The molecule has 6 nitrogen and oxygen atoms in total. The number of nitrogens with zero attached hydrogens (tertiary/aromatic N) is 3. The lowest BCUT2D eigenvalue weighted by molar-refractivity contribution is 0.0681. The lowest BCUT2D eigenvalue weighted by atomic mass is 10.1. The van der Waals surface area contributed by atoms with E-state index in [1.54, 1.807) is 22.6 Å². The van der Waals surface area contributed by atoms with Crippen LogP contribution in [0.25, 0.3) is 16.6 Å². The van der Waals surface area contributed by atoms with Gasteiger partial charge in [0, 0.05) is 12.1 Å². The van der Waals surface area contributed by atoms with Gasteiger partial charge in [0.15, 0.2) is 0 Å². The predicted molar refractivity (Wildman–Crippen MR) is 139 cm³/mol. The van der Waals surface area contributed by atoms with Crippen LogP contribution in [0, 0.1) is 0 Å². The van der Waals surface area contributed by atoms with Crippen molar-refractivity contribution in [2.75, 3.05) is 13.7 Å². The fraction of sp³-hybridized carbons (Fsp3) is 0.276. The van der Waals surface area contributed by atoms with E-state index < -0.39 is 6.04 Å². The molecule has 0 fully saturated rings. The van der Waals surface area contributed by atoms with E-state index in [9.17, 15) is 9.59 Å². The Kier molecular flexibility index (Phi) is 7.30. The first-order valence-corrected chi connectivity index (χ1v) is 12.0. The van der Waals surface area contributed by atoms with Crippen molar-refractivity contribution in [3.8, 4) is 11.4 Å². The number of fused-ring (bicyclic) bond motifs is 1. The summed E-state index contributed by atoms with van der Waals surface area (Å²) < 4.78 is 6.91. The summed E-state index contributed by atoms with van der Waals surface area (Å²) in [4.78, 5) is 34.0. The van der Waals surface area contributed by atoms with Crippen molar-refractivity contribution in [1.29, 1.82) is 0 Å². The number of para-hydroxylation sites is 1. The Morgan fingerprint density at radius 3 is 2.31 bits per heavy atom. The van der Waals surface area contributed by atoms with Crippen LogP contribution in [-0.4, -0.2) is 34.0 Å². The van der Waals surface area contributed by atoms with Gasteiger partial charge in [-0.3, -0.25) is 14.2 Å². The second kappa shape index (κ2) is 10.6. The minimum atomic E-state index is -0.437. The van der Waals surface area contributed by atoms with Gasteiger partial charge in [0.05, 0.1) is 29.7 Å². The summed E-state index contributed by atoms with van der Waals surface area (Å²) in [5.41, 5.74) is 2.93. The first-order chi connectivity index (χ1) is 17.0. The van der Waals surface area contributed by atoms with Crippen LogP contribution >= 0.6 is 0 Å². The van der Waals surface area contributed by atoms with Gasteiger partial charge < -0.3 is 9.64 Å². The molecule has 1 atom stereocenters. The van der Waals surface area contributed by atoms with Gasteiger partial charge in [0.2, 0.25) is 0 Å². The molecule has 0 spiro atoms. The lowest BCUT2D eigenvalue weighted by Gasteiger charge is -2.30. The third kappa shape index (κ3) is 4.83. The van der Waals surface area contributed by atoms with E-state index in [0.29, 0.717) is 40.3 Å². The first kappa shape index (κ1) is 24.2. The third-order valence-electron chi connectivity index (χ3n) is 6.31. The zero-order valence-corrected chi connectivity index (χ0v) is 20.7. The Morgan fingerprint density at radius 2 is 1.69 bits per heavy atom. The van der Waals surface area contributed by atoms with Crippen molar-refractivity contribution < 1.29 is 9.53 Å². The Bertz CT molecular complexity index is 1380. The molecule has 0 aliphatic carbocycles. The average Bonchev–Trinajstić information content (AvgIpc) is 2.91. The molecule has 3 aromatic carbocycles. The quantitative estimate of drug-likeness (QED) is 0.338. The summed E-state index contributed by atoms with van der Waals surface area (Å²) in [5.74, 6) is 1.14. The highest BCUT2D eigenvalue weighted by Crippen LogP contribution is 2.25. The van der Waals surface area contributed by atoms with Gasteiger partial charge >= 0.3 is 0 Å². The first-order valence-electron chi connectivity index (χ1n) is 12.0. The van der Waals surface area contributed by atoms with E-state index in [1.807, 2.05) is 80.6 Å². The van der Waals surface area contributed by atoms with Crippen LogP contribution in [0.4, 0.5) is 0 Å². The molecule has 4 aromatic rings. The molecule has 1 heterocycles. The Labute approximate surface area is 205 Å². The highest BCUT2D eigenvalue weighted by atomic mass is 16.5. The van der Waals surface area contributed by atoms with Crippen LogP contribution in [0.5, 0.6) is 5.75 Å². The standard InChI is InChI=1S/C29H31N3O3/c1-5-19-31(28(33)22-13-11-21(6-2)12-14-22)20(3)27-30-26-10-8-7-9-25(26)29(34)32(27)23-15-17-24(35-4)18-16-23/h7-18,20H,5-6,19H2,1-4H3. The van der Waals surface area contributed by atoms with E-state index in [-0.39, 0.29) is 11.5 Å². The van der Waals surface area contributed by atoms with Crippen LogP contribution in [-0.2, 0) is 6.42 Å². The molecule has 35 heavy (non-hydrogen) atoms. The Balaban J connectivity index is 1.86. The van der Waals surface area contributed by atoms with Gasteiger partial charge in [-0.25, -0.2) is 4.98 Å². The van der Waals surface area contributed by atoms with Crippen LogP contribution in [0.1, 0.15) is 55.0 Å². The normalized spacial score (nSPS) is 11.9. The molecule has 0 N–H and O–H groups in total. The number of carbonyl (C=O) groups excluding carboxylic acids is 1. The smallest absolute Gasteiger partial charge is 0.266 e. The fourth-order valence-corrected chi connectivity index (χ4v) is 4.31. The lowest BCUT2D eigenvalue weighted by Crippen LogP contribution is -2.38. The molecule has 0 aliphatic rings. The Morgan fingerprint density at radius 1 is 1.00 bits per heavy atom. The summed E-state index contributed by atoms with van der Waals surface area (Å²) in [6.45, 7) is 6.61. The molecule has 0 saturated carbocycles. The summed E-state index contributed by atoms with van der Waals surface area (Å²) >= 11 is 0.